The van der Waals surface area contributed by atoms with Crippen LogP contribution in [-0.4, -0.2) is 23.4 Å². The molecule has 0 aliphatic carbocycles. The summed E-state index contributed by atoms with van der Waals surface area (Å²) in [6.07, 6.45) is -4.91. The molecule has 6 heteroatoms. The quantitative estimate of drug-likeness (QED) is 0.720. The summed E-state index contributed by atoms with van der Waals surface area (Å²) in [5.41, 5.74) is 0. The zero-order valence-electron chi connectivity index (χ0n) is 7.47. The maximum Gasteiger partial charge on any atom is 0.389 e. The van der Waals surface area contributed by atoms with Gasteiger partial charge >= 0.3 is 6.18 Å². The summed E-state index contributed by atoms with van der Waals surface area (Å²) < 4.78 is 46.1. The first kappa shape index (κ1) is 13.0. The summed E-state index contributed by atoms with van der Waals surface area (Å²) in [7, 11) is -3.53. The molecule has 80 valence electrons. The molecule has 0 aliphatic heterocycles. The Hall–Kier alpha value is -0.0200. The summed E-state index contributed by atoms with van der Waals surface area (Å²) in [5, 5.41) is 0. The van der Waals surface area contributed by atoms with Crippen molar-refractivity contribution in [2.24, 2.45) is 0 Å². The Morgan fingerprint density at radius 3 is 2.23 bits per heavy atom. The lowest BCUT2D eigenvalue weighted by molar-refractivity contribution is -0.130. The van der Waals surface area contributed by atoms with E-state index in [0.717, 1.165) is 6.42 Å². The van der Waals surface area contributed by atoms with E-state index in [1.54, 1.807) is 0 Å². The highest BCUT2D eigenvalue weighted by Crippen LogP contribution is 2.44. The normalized spacial score (nSPS) is 17.0. The van der Waals surface area contributed by atoms with E-state index in [1.165, 1.54) is 0 Å². The van der Waals surface area contributed by atoms with Crippen LogP contribution < -0.4 is 0 Å². The fourth-order valence-corrected chi connectivity index (χ4v) is 2.46. The van der Waals surface area contributed by atoms with Crippen molar-refractivity contribution >= 4 is 7.37 Å². The summed E-state index contributed by atoms with van der Waals surface area (Å²) in [6, 6.07) is 0. The third-order valence-electron chi connectivity index (χ3n) is 1.61. The molecule has 0 aliphatic rings. The number of rotatable bonds is 5. The van der Waals surface area contributed by atoms with Crippen molar-refractivity contribution in [2.45, 2.75) is 32.4 Å². The van der Waals surface area contributed by atoms with Gasteiger partial charge in [-0.25, -0.2) is 0 Å². The van der Waals surface area contributed by atoms with Gasteiger partial charge in [-0.05, 0) is 6.42 Å². The Labute approximate surface area is 75.6 Å². The second-order valence-corrected chi connectivity index (χ2v) is 5.60. The average molecular weight is 218 g/mol. The first-order valence-corrected chi connectivity index (χ1v) is 6.17. The van der Waals surface area contributed by atoms with Crippen LogP contribution in [0.25, 0.3) is 0 Å². The van der Waals surface area contributed by atoms with E-state index >= 15 is 0 Å². The molecule has 0 aromatic carbocycles. The Bertz CT molecular complexity index is 191. The fraction of sp³-hybridized carbons (Fsp3) is 1.00. The lowest BCUT2D eigenvalue weighted by atomic mass is 10.4. The molecule has 0 aromatic rings. The van der Waals surface area contributed by atoms with Crippen LogP contribution >= 0.6 is 7.37 Å². The second kappa shape index (κ2) is 5.01. The molecule has 0 spiro atoms. The molecular weight excluding hydrogens is 204 g/mol. The van der Waals surface area contributed by atoms with E-state index < -0.39 is 26.1 Å². The molecule has 0 heterocycles. The van der Waals surface area contributed by atoms with Crippen LogP contribution in [0.1, 0.15) is 26.2 Å². The van der Waals surface area contributed by atoms with Gasteiger partial charge in [0.2, 0.25) is 7.37 Å². The molecule has 0 saturated heterocycles. The molecule has 1 N–H and O–H groups in total. The molecule has 0 amide bonds. The highest BCUT2D eigenvalue weighted by Gasteiger charge is 2.31. The minimum Gasteiger partial charge on any atom is -0.344 e. The molecule has 0 bridgehead atoms. The Morgan fingerprint density at radius 2 is 1.85 bits per heavy atom. The van der Waals surface area contributed by atoms with Crippen LogP contribution in [0.5, 0.6) is 0 Å². The fourth-order valence-electron chi connectivity index (χ4n) is 0.818. The molecule has 1 unspecified atom stereocenters. The van der Waals surface area contributed by atoms with Crippen molar-refractivity contribution < 1.29 is 22.6 Å². The van der Waals surface area contributed by atoms with Gasteiger partial charge < -0.3 is 4.89 Å². The molecule has 1 atom stereocenters. The molecule has 0 rings (SSSR count). The lowest BCUT2D eigenvalue weighted by Crippen LogP contribution is -2.10. The minimum atomic E-state index is -4.33. The molecule has 0 fully saturated rings. The summed E-state index contributed by atoms with van der Waals surface area (Å²) in [4.78, 5) is 9.06. The molecule has 13 heavy (non-hydrogen) atoms. The van der Waals surface area contributed by atoms with Gasteiger partial charge in [0.05, 0.1) is 6.42 Å². The van der Waals surface area contributed by atoms with E-state index in [0.29, 0.717) is 6.42 Å². The van der Waals surface area contributed by atoms with E-state index in [4.69, 9.17) is 4.89 Å². The third-order valence-corrected chi connectivity index (χ3v) is 3.54. The van der Waals surface area contributed by atoms with Crippen LogP contribution in [0.15, 0.2) is 0 Å². The maximum absolute atomic E-state index is 11.7. The molecule has 0 radical (unpaired) electrons. The minimum absolute atomic E-state index is 0.000417. The standard InChI is InChI=1S/C7H14F3O2P/c1-2-3-5-13(11,12)6-4-7(8,9)10/h2-6H2,1H3,(H,11,12). The topological polar surface area (TPSA) is 37.3 Å². The summed E-state index contributed by atoms with van der Waals surface area (Å²) >= 11 is 0. The predicted octanol–water partition coefficient (Wildman–Crippen LogP) is 3.01. The highest BCUT2D eigenvalue weighted by molar-refractivity contribution is 7.57. The van der Waals surface area contributed by atoms with Crippen molar-refractivity contribution in [2.75, 3.05) is 12.3 Å². The van der Waals surface area contributed by atoms with E-state index in [1.807, 2.05) is 6.92 Å². The van der Waals surface area contributed by atoms with Crippen LogP contribution in [0.2, 0.25) is 0 Å². The SMILES string of the molecule is CCCCP(=O)(O)CCC(F)(F)F. The van der Waals surface area contributed by atoms with Crippen molar-refractivity contribution in [3.63, 3.8) is 0 Å². The first-order chi connectivity index (χ1) is 5.77. The van der Waals surface area contributed by atoms with Gasteiger partial charge in [-0.15, -0.1) is 0 Å². The number of alkyl halides is 3. The zero-order chi connectivity index (χ0) is 10.5. The van der Waals surface area contributed by atoms with Gasteiger partial charge in [0, 0.05) is 12.3 Å². The molecule has 0 aromatic heterocycles. The average Bonchev–Trinajstić information content (AvgIpc) is 1.97. The number of unbranched alkanes of at least 4 members (excludes halogenated alkanes) is 1. The number of halogens is 3. The Morgan fingerprint density at radius 1 is 1.31 bits per heavy atom. The van der Waals surface area contributed by atoms with Crippen molar-refractivity contribution in [3.8, 4) is 0 Å². The van der Waals surface area contributed by atoms with Gasteiger partial charge in [0.15, 0.2) is 0 Å². The van der Waals surface area contributed by atoms with Crippen molar-refractivity contribution in [1.29, 1.82) is 0 Å². The van der Waals surface area contributed by atoms with E-state index in [9.17, 15) is 17.7 Å². The molecular formula is C7H14F3O2P. The van der Waals surface area contributed by atoms with E-state index in [-0.39, 0.29) is 6.16 Å². The van der Waals surface area contributed by atoms with Crippen LogP contribution in [0, 0.1) is 0 Å². The van der Waals surface area contributed by atoms with Gasteiger partial charge in [0.25, 0.3) is 0 Å². The zero-order valence-corrected chi connectivity index (χ0v) is 8.37. The summed E-state index contributed by atoms with van der Waals surface area (Å²) in [6.45, 7) is 1.82. The van der Waals surface area contributed by atoms with Gasteiger partial charge in [0.1, 0.15) is 0 Å². The van der Waals surface area contributed by atoms with Crippen molar-refractivity contribution in [1.82, 2.24) is 0 Å². The largest absolute Gasteiger partial charge is 0.389 e. The predicted molar refractivity (Wildman–Crippen MR) is 45.1 cm³/mol. The maximum atomic E-state index is 11.7. The summed E-state index contributed by atoms with van der Waals surface area (Å²) in [5.74, 6) is 0. The van der Waals surface area contributed by atoms with E-state index in [2.05, 4.69) is 0 Å². The number of hydrogen-bond donors (Lipinski definition) is 1. The van der Waals surface area contributed by atoms with Gasteiger partial charge in [-0.3, -0.25) is 4.57 Å². The monoisotopic (exact) mass is 218 g/mol. The van der Waals surface area contributed by atoms with Gasteiger partial charge in [-0.1, -0.05) is 13.3 Å². The van der Waals surface area contributed by atoms with Gasteiger partial charge in [-0.2, -0.15) is 13.2 Å². The molecule has 2 nitrogen and oxygen atoms in total. The van der Waals surface area contributed by atoms with Crippen LogP contribution in [-0.2, 0) is 4.57 Å². The first-order valence-electron chi connectivity index (χ1n) is 4.14. The second-order valence-electron chi connectivity index (χ2n) is 3.01. The van der Waals surface area contributed by atoms with Crippen LogP contribution in [0.3, 0.4) is 0 Å². The highest BCUT2D eigenvalue weighted by atomic mass is 31.2. The van der Waals surface area contributed by atoms with Crippen LogP contribution in [0.4, 0.5) is 13.2 Å². The Kier molecular flexibility index (Phi) is 5.00. The molecule has 0 saturated carbocycles. The Balaban J connectivity index is 3.83. The smallest absolute Gasteiger partial charge is 0.344 e. The lowest BCUT2D eigenvalue weighted by Gasteiger charge is -2.12. The van der Waals surface area contributed by atoms with Crippen molar-refractivity contribution in [3.05, 3.63) is 0 Å². The number of hydrogen-bond acceptors (Lipinski definition) is 1. The third kappa shape index (κ3) is 8.31.